The number of aryl methyl sites for hydroxylation is 2. The zero-order chi connectivity index (χ0) is 12.6. The molecule has 1 aliphatic carbocycles. The van der Waals surface area contributed by atoms with E-state index in [1.54, 1.807) is 6.07 Å². The molecule has 0 unspecified atom stereocenters. The summed E-state index contributed by atoms with van der Waals surface area (Å²) in [4.78, 5) is 10.9. The van der Waals surface area contributed by atoms with Crippen molar-refractivity contribution in [3.05, 3.63) is 28.8 Å². The lowest BCUT2D eigenvalue weighted by atomic mass is 9.80. The summed E-state index contributed by atoms with van der Waals surface area (Å²) in [7, 11) is 0. The van der Waals surface area contributed by atoms with E-state index in [-0.39, 0.29) is 12.2 Å². The fourth-order valence-electron chi connectivity index (χ4n) is 2.63. The Labute approximate surface area is 101 Å². The third-order valence-corrected chi connectivity index (χ3v) is 3.53. The lowest BCUT2D eigenvalue weighted by Gasteiger charge is -2.25. The van der Waals surface area contributed by atoms with Crippen LogP contribution >= 0.6 is 0 Å². The Bertz CT molecular complexity index is 461. The molecule has 0 heterocycles. The summed E-state index contributed by atoms with van der Waals surface area (Å²) in [5.74, 6) is -0.605. The number of aromatic hydroxyl groups is 1. The lowest BCUT2D eigenvalue weighted by Crippen LogP contribution is -2.22. The first-order valence-electron chi connectivity index (χ1n) is 5.97. The Morgan fingerprint density at radius 2 is 1.88 bits per heavy atom. The summed E-state index contributed by atoms with van der Waals surface area (Å²) >= 11 is 0. The minimum absolute atomic E-state index is 0.0271. The molecule has 0 amide bonds. The first-order chi connectivity index (χ1) is 7.90. The lowest BCUT2D eigenvalue weighted by molar-refractivity contribution is -0.138. The van der Waals surface area contributed by atoms with Crippen molar-refractivity contribution in [1.82, 2.24) is 0 Å². The van der Waals surface area contributed by atoms with Crippen molar-refractivity contribution in [3.8, 4) is 5.75 Å². The molecule has 0 aromatic heterocycles. The highest BCUT2D eigenvalue weighted by Crippen LogP contribution is 2.37. The molecule has 1 aromatic carbocycles. The van der Waals surface area contributed by atoms with Crippen LogP contribution in [0.1, 0.15) is 43.4 Å². The second-order valence-electron chi connectivity index (χ2n) is 5.45. The van der Waals surface area contributed by atoms with Crippen molar-refractivity contribution in [2.45, 2.75) is 44.9 Å². The molecule has 1 aromatic rings. The van der Waals surface area contributed by atoms with Crippen LogP contribution in [0.25, 0.3) is 0 Å². The summed E-state index contributed by atoms with van der Waals surface area (Å²) < 4.78 is 0. The van der Waals surface area contributed by atoms with Crippen molar-refractivity contribution in [3.63, 3.8) is 0 Å². The maximum absolute atomic E-state index is 10.9. The molecule has 1 aliphatic rings. The number of hydrogen-bond acceptors (Lipinski definition) is 2. The normalized spacial score (nSPS) is 14.7. The van der Waals surface area contributed by atoms with Crippen LogP contribution in [0.3, 0.4) is 0 Å². The molecule has 0 aliphatic heterocycles. The van der Waals surface area contributed by atoms with Crippen molar-refractivity contribution in [1.29, 1.82) is 0 Å². The average Bonchev–Trinajstić information content (AvgIpc) is 2.60. The summed E-state index contributed by atoms with van der Waals surface area (Å²) in [6, 6.07) is 3.79. The molecule has 0 bridgehead atoms. The average molecular weight is 234 g/mol. The molecule has 0 saturated carbocycles. The van der Waals surface area contributed by atoms with E-state index >= 15 is 0 Å². The first-order valence-corrected chi connectivity index (χ1v) is 5.97. The topological polar surface area (TPSA) is 57.5 Å². The van der Waals surface area contributed by atoms with Gasteiger partial charge in [-0.1, -0.05) is 19.9 Å². The zero-order valence-electron chi connectivity index (χ0n) is 10.3. The van der Waals surface area contributed by atoms with Crippen LogP contribution in [0.5, 0.6) is 5.75 Å². The molecule has 92 valence electrons. The van der Waals surface area contributed by atoms with Gasteiger partial charge in [0.2, 0.25) is 0 Å². The second-order valence-corrected chi connectivity index (χ2v) is 5.45. The highest BCUT2D eigenvalue weighted by Gasteiger charge is 2.28. The van der Waals surface area contributed by atoms with Crippen LogP contribution < -0.4 is 0 Å². The van der Waals surface area contributed by atoms with E-state index in [9.17, 15) is 9.90 Å². The zero-order valence-corrected chi connectivity index (χ0v) is 10.3. The number of phenolic OH excluding ortho intramolecular Hbond substituents is 1. The number of phenols is 1. The molecule has 0 radical (unpaired) electrons. The second kappa shape index (κ2) is 4.06. The first kappa shape index (κ1) is 12.0. The minimum Gasteiger partial charge on any atom is -0.508 e. The van der Waals surface area contributed by atoms with Gasteiger partial charge >= 0.3 is 5.97 Å². The van der Waals surface area contributed by atoms with Gasteiger partial charge in [0.05, 0.1) is 6.42 Å². The van der Waals surface area contributed by atoms with Crippen LogP contribution in [-0.4, -0.2) is 16.2 Å². The van der Waals surface area contributed by atoms with Gasteiger partial charge in [-0.05, 0) is 36.5 Å². The summed E-state index contributed by atoms with van der Waals surface area (Å²) in [6.07, 6.45) is 3.20. The Kier molecular flexibility index (Phi) is 2.86. The predicted octanol–water partition coefficient (Wildman–Crippen LogP) is 2.63. The van der Waals surface area contributed by atoms with Gasteiger partial charge in [0.15, 0.2) is 0 Å². The molecule has 17 heavy (non-hydrogen) atoms. The number of fused-ring (bicyclic) bond motifs is 1. The molecule has 0 atom stereocenters. The van der Waals surface area contributed by atoms with Gasteiger partial charge in [0, 0.05) is 11.0 Å². The van der Waals surface area contributed by atoms with Crippen molar-refractivity contribution in [2.24, 2.45) is 0 Å². The fourth-order valence-corrected chi connectivity index (χ4v) is 2.63. The largest absolute Gasteiger partial charge is 0.508 e. The number of carboxylic acid groups (broad SMARTS) is 1. The van der Waals surface area contributed by atoms with Gasteiger partial charge in [0.25, 0.3) is 0 Å². The predicted molar refractivity (Wildman–Crippen MR) is 65.4 cm³/mol. The number of hydrogen-bond donors (Lipinski definition) is 2. The van der Waals surface area contributed by atoms with E-state index in [1.165, 1.54) is 11.1 Å². The van der Waals surface area contributed by atoms with E-state index in [4.69, 9.17) is 5.11 Å². The maximum Gasteiger partial charge on any atom is 0.304 e. The van der Waals surface area contributed by atoms with Crippen LogP contribution in [0.4, 0.5) is 0 Å². The molecule has 3 heteroatoms. The Balaban J connectivity index is 2.41. The molecule has 3 nitrogen and oxygen atoms in total. The van der Waals surface area contributed by atoms with Gasteiger partial charge in [-0.25, -0.2) is 0 Å². The number of aliphatic carboxylic acids is 1. The molecular formula is C14H18O3. The summed E-state index contributed by atoms with van der Waals surface area (Å²) in [5.41, 5.74) is 2.68. The molecule has 0 fully saturated rings. The van der Waals surface area contributed by atoms with Gasteiger partial charge in [-0.15, -0.1) is 0 Å². The maximum atomic E-state index is 10.9. The van der Waals surface area contributed by atoms with E-state index in [0.29, 0.717) is 0 Å². The van der Waals surface area contributed by atoms with Crippen LogP contribution in [0, 0.1) is 0 Å². The molecule has 2 rings (SSSR count). The third kappa shape index (κ3) is 2.28. The van der Waals surface area contributed by atoms with Crippen LogP contribution in [0.2, 0.25) is 0 Å². The molecule has 0 spiro atoms. The van der Waals surface area contributed by atoms with Gasteiger partial charge < -0.3 is 10.2 Å². The van der Waals surface area contributed by atoms with Crippen molar-refractivity contribution in [2.75, 3.05) is 0 Å². The minimum atomic E-state index is -0.838. The fraction of sp³-hybridized carbons (Fsp3) is 0.500. The Morgan fingerprint density at radius 1 is 1.29 bits per heavy atom. The number of benzene rings is 1. The van der Waals surface area contributed by atoms with Gasteiger partial charge in [-0.2, -0.15) is 0 Å². The Morgan fingerprint density at radius 3 is 2.47 bits per heavy atom. The number of carboxylic acids is 1. The highest BCUT2D eigenvalue weighted by atomic mass is 16.4. The van der Waals surface area contributed by atoms with Crippen molar-refractivity contribution >= 4 is 5.97 Å². The van der Waals surface area contributed by atoms with E-state index in [0.717, 1.165) is 24.8 Å². The SMILES string of the molecule is CC(C)(CC(=O)O)c1cc2c(cc1O)CCC2. The highest BCUT2D eigenvalue weighted by molar-refractivity contribution is 5.69. The standard InChI is InChI=1S/C14H18O3/c1-14(2,8-13(16)17)11-6-9-4-3-5-10(9)7-12(11)15/h6-7,15H,3-5,8H2,1-2H3,(H,16,17). The quantitative estimate of drug-likeness (QED) is 0.845. The van der Waals surface area contributed by atoms with Crippen molar-refractivity contribution < 1.29 is 15.0 Å². The smallest absolute Gasteiger partial charge is 0.304 e. The summed E-state index contributed by atoms with van der Waals surface area (Å²) in [6.45, 7) is 3.72. The van der Waals surface area contributed by atoms with E-state index in [2.05, 4.69) is 0 Å². The van der Waals surface area contributed by atoms with Gasteiger partial charge in [-0.3, -0.25) is 4.79 Å². The number of rotatable bonds is 3. The molecular weight excluding hydrogens is 216 g/mol. The third-order valence-electron chi connectivity index (χ3n) is 3.53. The van der Waals surface area contributed by atoms with Gasteiger partial charge in [0.1, 0.15) is 5.75 Å². The summed E-state index contributed by atoms with van der Waals surface area (Å²) in [5, 5.41) is 18.9. The number of carbonyl (C=O) groups is 1. The van der Waals surface area contributed by atoms with E-state index < -0.39 is 11.4 Å². The molecule has 0 saturated heterocycles. The monoisotopic (exact) mass is 234 g/mol. The van der Waals surface area contributed by atoms with Crippen LogP contribution in [-0.2, 0) is 23.1 Å². The molecule has 2 N–H and O–H groups in total. The Hall–Kier alpha value is -1.51. The van der Waals surface area contributed by atoms with E-state index in [1.807, 2.05) is 19.9 Å². The van der Waals surface area contributed by atoms with Crippen LogP contribution in [0.15, 0.2) is 12.1 Å².